The Labute approximate surface area is 148 Å². The van der Waals surface area contributed by atoms with E-state index in [9.17, 15) is 4.79 Å². The molecule has 0 saturated carbocycles. The lowest BCUT2D eigenvalue weighted by molar-refractivity contribution is -0.116. The minimum absolute atomic E-state index is 0.0517. The van der Waals surface area contributed by atoms with Crippen LogP contribution in [0.15, 0.2) is 53.2 Å². The first-order chi connectivity index (χ1) is 12.6. The van der Waals surface area contributed by atoms with E-state index >= 15 is 0 Å². The lowest BCUT2D eigenvalue weighted by Gasteiger charge is -2.09. The van der Waals surface area contributed by atoms with E-state index in [0.29, 0.717) is 11.5 Å². The molecule has 1 amide bonds. The van der Waals surface area contributed by atoms with Crippen LogP contribution in [0.1, 0.15) is 5.56 Å². The average Bonchev–Trinajstić information content (AvgIpc) is 3.18. The molecule has 8 heteroatoms. The normalized spacial score (nSPS) is 11.0. The van der Waals surface area contributed by atoms with Crippen LogP contribution in [0, 0.1) is 6.92 Å². The highest BCUT2D eigenvalue weighted by Gasteiger charge is 2.20. The molecule has 0 atom stereocenters. The molecule has 0 fully saturated rings. The minimum atomic E-state index is -0.185. The van der Waals surface area contributed by atoms with Gasteiger partial charge in [0, 0.05) is 5.69 Å². The number of hydrogen-bond donors (Lipinski definition) is 2. The third-order valence-electron chi connectivity index (χ3n) is 3.98. The highest BCUT2D eigenvalue weighted by Crippen LogP contribution is 2.26. The summed E-state index contributed by atoms with van der Waals surface area (Å²) in [7, 11) is 0. The molecular weight excluding hydrogens is 332 g/mol. The maximum Gasteiger partial charge on any atom is 0.244 e. The van der Waals surface area contributed by atoms with Crippen molar-refractivity contribution in [3.63, 3.8) is 0 Å². The number of fused-ring (bicyclic) bond motifs is 1. The fraction of sp³-hybridized carbons (Fsp3) is 0.111. The molecule has 0 aliphatic heterocycles. The van der Waals surface area contributed by atoms with E-state index in [1.54, 1.807) is 4.57 Å². The Balaban J connectivity index is 1.71. The highest BCUT2D eigenvalue weighted by atomic mass is 16.6. The van der Waals surface area contributed by atoms with Gasteiger partial charge in [-0.3, -0.25) is 4.79 Å². The molecule has 26 heavy (non-hydrogen) atoms. The van der Waals surface area contributed by atoms with Crippen molar-refractivity contribution in [2.75, 3.05) is 11.1 Å². The number of carbonyl (C=O) groups is 1. The van der Waals surface area contributed by atoms with Crippen molar-refractivity contribution < 1.29 is 9.42 Å². The van der Waals surface area contributed by atoms with Crippen LogP contribution in [0.25, 0.3) is 22.6 Å². The van der Waals surface area contributed by atoms with Gasteiger partial charge in [0.25, 0.3) is 0 Å². The number of anilines is 2. The lowest BCUT2D eigenvalue weighted by Crippen LogP contribution is -2.19. The number of aryl methyl sites for hydroxylation is 1. The number of nitrogen functional groups attached to an aromatic ring is 1. The molecule has 0 unspecified atom stereocenters. The number of nitrogens with one attached hydrogen (secondary N) is 1. The molecule has 4 rings (SSSR count). The second-order valence-electron chi connectivity index (χ2n) is 5.93. The largest absolute Gasteiger partial charge is 0.379 e. The van der Waals surface area contributed by atoms with Crippen molar-refractivity contribution in [2.45, 2.75) is 13.5 Å². The number of carbonyl (C=O) groups excluding carboxylic acids is 1. The smallest absolute Gasteiger partial charge is 0.244 e. The monoisotopic (exact) mass is 348 g/mol. The van der Waals surface area contributed by atoms with Crippen molar-refractivity contribution in [1.29, 1.82) is 0 Å². The number of nitrogens with zero attached hydrogens (tertiary/aromatic N) is 4. The summed E-state index contributed by atoms with van der Waals surface area (Å²) < 4.78 is 6.43. The van der Waals surface area contributed by atoms with Gasteiger partial charge in [-0.1, -0.05) is 24.3 Å². The quantitative estimate of drug-likeness (QED) is 0.586. The number of para-hydroxylation sites is 2. The van der Waals surface area contributed by atoms with Crippen LogP contribution in [0.2, 0.25) is 0 Å². The van der Waals surface area contributed by atoms with E-state index in [1.807, 2.05) is 55.5 Å². The van der Waals surface area contributed by atoms with Crippen molar-refractivity contribution in [3.05, 3.63) is 54.1 Å². The number of amides is 1. The average molecular weight is 348 g/mol. The Bertz CT molecular complexity index is 1100. The Hall–Kier alpha value is -3.68. The summed E-state index contributed by atoms with van der Waals surface area (Å²) in [5, 5.41) is 10.3. The Morgan fingerprint density at radius 3 is 2.81 bits per heavy atom. The van der Waals surface area contributed by atoms with Crippen LogP contribution in [0.3, 0.4) is 0 Å². The summed E-state index contributed by atoms with van der Waals surface area (Å²) in [5.74, 6) is 0.375. The van der Waals surface area contributed by atoms with E-state index in [4.69, 9.17) is 5.73 Å². The minimum Gasteiger partial charge on any atom is -0.379 e. The number of nitrogens with two attached hydrogens (primary N) is 1. The fourth-order valence-electron chi connectivity index (χ4n) is 2.83. The molecule has 130 valence electrons. The second-order valence-corrected chi connectivity index (χ2v) is 5.93. The predicted molar refractivity (Wildman–Crippen MR) is 97.2 cm³/mol. The zero-order valence-corrected chi connectivity index (χ0v) is 14.0. The van der Waals surface area contributed by atoms with Gasteiger partial charge in [-0.25, -0.2) is 9.61 Å². The molecule has 4 aromatic rings. The van der Waals surface area contributed by atoms with Crippen LogP contribution >= 0.6 is 0 Å². The first kappa shape index (κ1) is 15.8. The first-order valence-corrected chi connectivity index (χ1v) is 8.02. The zero-order chi connectivity index (χ0) is 18.1. The van der Waals surface area contributed by atoms with Gasteiger partial charge in [0.1, 0.15) is 6.54 Å². The van der Waals surface area contributed by atoms with Gasteiger partial charge in [-0.15, -0.1) is 0 Å². The van der Waals surface area contributed by atoms with Crippen LogP contribution in [-0.2, 0) is 11.3 Å². The number of benzene rings is 2. The Morgan fingerprint density at radius 2 is 2.04 bits per heavy atom. The van der Waals surface area contributed by atoms with Gasteiger partial charge in [0.2, 0.25) is 5.91 Å². The highest BCUT2D eigenvalue weighted by molar-refractivity contribution is 5.92. The van der Waals surface area contributed by atoms with Gasteiger partial charge in [-0.2, -0.15) is 0 Å². The first-order valence-electron chi connectivity index (χ1n) is 8.02. The van der Waals surface area contributed by atoms with Crippen molar-refractivity contribution in [1.82, 2.24) is 19.9 Å². The third-order valence-corrected chi connectivity index (χ3v) is 3.98. The Morgan fingerprint density at radius 1 is 1.19 bits per heavy atom. The van der Waals surface area contributed by atoms with Gasteiger partial charge < -0.3 is 15.6 Å². The summed E-state index contributed by atoms with van der Waals surface area (Å²) in [5.41, 5.74) is 9.46. The topological polar surface area (TPSA) is 112 Å². The van der Waals surface area contributed by atoms with E-state index in [2.05, 4.69) is 25.2 Å². The second kappa shape index (κ2) is 6.32. The zero-order valence-electron chi connectivity index (χ0n) is 14.0. The molecule has 2 aromatic heterocycles. The molecule has 0 aliphatic rings. The molecule has 3 N–H and O–H groups in total. The fourth-order valence-corrected chi connectivity index (χ4v) is 2.83. The molecule has 8 nitrogen and oxygen atoms in total. The van der Waals surface area contributed by atoms with Crippen molar-refractivity contribution in [2.24, 2.45) is 0 Å². The van der Waals surface area contributed by atoms with Crippen molar-refractivity contribution in [3.8, 4) is 11.5 Å². The number of aromatic nitrogens is 4. The molecule has 2 heterocycles. The maximum absolute atomic E-state index is 12.6. The number of imidazole rings is 1. The third kappa shape index (κ3) is 2.88. The molecule has 0 radical (unpaired) electrons. The van der Waals surface area contributed by atoms with E-state index in [0.717, 1.165) is 22.3 Å². The maximum atomic E-state index is 12.6. The molecule has 0 saturated heterocycles. The van der Waals surface area contributed by atoms with Crippen LogP contribution < -0.4 is 11.1 Å². The number of hydrogen-bond acceptors (Lipinski definition) is 6. The van der Waals surface area contributed by atoms with Gasteiger partial charge in [-0.05, 0) is 47.1 Å². The van der Waals surface area contributed by atoms with Gasteiger partial charge >= 0.3 is 0 Å². The van der Waals surface area contributed by atoms with Crippen molar-refractivity contribution >= 4 is 28.4 Å². The molecular formula is C18H16N6O2. The van der Waals surface area contributed by atoms with E-state index < -0.39 is 0 Å². The molecule has 2 aromatic carbocycles. The SMILES string of the molecule is Cc1cccc(NC(=O)Cn2c(-c3nonc3N)nc3ccccc32)c1. The summed E-state index contributed by atoms with van der Waals surface area (Å²) in [6.07, 6.45) is 0. The van der Waals surface area contributed by atoms with Gasteiger partial charge in [0.05, 0.1) is 11.0 Å². The lowest BCUT2D eigenvalue weighted by atomic mass is 10.2. The Kier molecular flexibility index (Phi) is 3.85. The summed E-state index contributed by atoms with van der Waals surface area (Å²) in [6.45, 7) is 2.02. The summed E-state index contributed by atoms with van der Waals surface area (Å²) in [6, 6.07) is 15.1. The van der Waals surface area contributed by atoms with Crippen LogP contribution in [0.5, 0.6) is 0 Å². The molecule has 0 aliphatic carbocycles. The molecule has 0 spiro atoms. The van der Waals surface area contributed by atoms with Crippen LogP contribution in [0.4, 0.5) is 11.5 Å². The predicted octanol–water partition coefficient (Wildman–Crippen LogP) is 2.62. The number of rotatable bonds is 4. The van der Waals surface area contributed by atoms with E-state index in [1.165, 1.54) is 0 Å². The molecule has 0 bridgehead atoms. The standard InChI is InChI=1S/C18H16N6O2/c1-11-5-4-6-12(9-11)20-15(25)10-24-14-8-3-2-7-13(14)21-18(24)16-17(19)23-26-22-16/h2-9H,10H2,1H3,(H2,19,23)(H,20,25). The van der Waals surface area contributed by atoms with E-state index in [-0.39, 0.29) is 18.3 Å². The van der Waals surface area contributed by atoms with Crippen LogP contribution in [-0.4, -0.2) is 25.8 Å². The summed E-state index contributed by atoms with van der Waals surface area (Å²) in [4.78, 5) is 17.1. The summed E-state index contributed by atoms with van der Waals surface area (Å²) >= 11 is 0. The van der Waals surface area contributed by atoms with Gasteiger partial charge in [0.15, 0.2) is 17.3 Å².